The quantitative estimate of drug-likeness (QED) is 0.748. The number of carbonyl (C=O) groups excluding carboxylic acids is 1. The molecule has 1 amide bonds. The van der Waals surface area contributed by atoms with Crippen molar-refractivity contribution < 1.29 is 19.4 Å². The molecule has 2 aliphatic rings. The molecule has 3 unspecified atom stereocenters. The van der Waals surface area contributed by atoms with Crippen LogP contribution in [0.3, 0.4) is 0 Å². The molecule has 108 valence electrons. The summed E-state index contributed by atoms with van der Waals surface area (Å²) in [5.74, 6) is -1.36. The van der Waals surface area contributed by atoms with Crippen LogP contribution in [0.15, 0.2) is 0 Å². The first kappa shape index (κ1) is 14.3. The number of carbonyl (C=O) groups is 2. The lowest BCUT2D eigenvalue weighted by Gasteiger charge is -2.33. The molecule has 6 heteroatoms. The Labute approximate surface area is 113 Å². The minimum atomic E-state index is -0.802. The van der Waals surface area contributed by atoms with Crippen LogP contribution in [0.2, 0.25) is 0 Å². The summed E-state index contributed by atoms with van der Waals surface area (Å²) < 4.78 is 5.38. The normalized spacial score (nSPS) is 31.4. The average molecular weight is 270 g/mol. The van der Waals surface area contributed by atoms with E-state index in [1.54, 1.807) is 4.90 Å². The number of hydrogen-bond acceptors (Lipinski definition) is 4. The Bertz CT molecular complexity index is 348. The molecule has 2 saturated heterocycles. The van der Waals surface area contributed by atoms with Gasteiger partial charge in [0.05, 0.1) is 25.0 Å². The van der Waals surface area contributed by atoms with Crippen molar-refractivity contribution in [3.8, 4) is 0 Å². The van der Waals surface area contributed by atoms with Gasteiger partial charge in [-0.2, -0.15) is 0 Å². The van der Waals surface area contributed by atoms with Gasteiger partial charge in [0.15, 0.2) is 0 Å². The number of carboxylic acids is 1. The first-order valence-corrected chi connectivity index (χ1v) is 6.96. The van der Waals surface area contributed by atoms with E-state index in [0.29, 0.717) is 32.7 Å². The van der Waals surface area contributed by atoms with Gasteiger partial charge in [-0.25, -0.2) is 0 Å². The summed E-state index contributed by atoms with van der Waals surface area (Å²) in [4.78, 5) is 25.2. The zero-order valence-corrected chi connectivity index (χ0v) is 11.3. The van der Waals surface area contributed by atoms with Gasteiger partial charge >= 0.3 is 5.97 Å². The Morgan fingerprint density at radius 3 is 2.89 bits per heavy atom. The van der Waals surface area contributed by atoms with E-state index in [-0.39, 0.29) is 17.9 Å². The van der Waals surface area contributed by atoms with Crippen molar-refractivity contribution in [2.45, 2.75) is 25.8 Å². The van der Waals surface area contributed by atoms with Gasteiger partial charge in [-0.1, -0.05) is 6.92 Å². The van der Waals surface area contributed by atoms with Crippen LogP contribution < -0.4 is 5.32 Å². The molecule has 19 heavy (non-hydrogen) atoms. The molecule has 0 aliphatic carbocycles. The van der Waals surface area contributed by atoms with Gasteiger partial charge in [-0.05, 0) is 19.4 Å². The van der Waals surface area contributed by atoms with Crippen LogP contribution in [0.25, 0.3) is 0 Å². The summed E-state index contributed by atoms with van der Waals surface area (Å²) in [6.45, 7) is 4.80. The Kier molecular flexibility index (Phi) is 4.76. The van der Waals surface area contributed by atoms with E-state index in [1.807, 2.05) is 6.92 Å². The van der Waals surface area contributed by atoms with Gasteiger partial charge in [-0.3, -0.25) is 9.59 Å². The van der Waals surface area contributed by atoms with Gasteiger partial charge in [-0.15, -0.1) is 0 Å². The molecule has 0 aromatic carbocycles. The van der Waals surface area contributed by atoms with Gasteiger partial charge in [0, 0.05) is 19.1 Å². The minimum Gasteiger partial charge on any atom is -0.481 e. The van der Waals surface area contributed by atoms with Crippen molar-refractivity contribution in [3.05, 3.63) is 0 Å². The fraction of sp³-hybridized carbons (Fsp3) is 0.846. The molecule has 0 saturated carbocycles. The number of nitrogens with zero attached hydrogens (tertiary/aromatic N) is 1. The van der Waals surface area contributed by atoms with Crippen molar-refractivity contribution in [2.24, 2.45) is 11.8 Å². The number of nitrogens with one attached hydrogen (secondary N) is 1. The van der Waals surface area contributed by atoms with E-state index in [0.717, 1.165) is 13.0 Å². The number of aliphatic carboxylic acids is 1. The molecule has 2 N–H and O–H groups in total. The highest BCUT2D eigenvalue weighted by atomic mass is 16.5. The van der Waals surface area contributed by atoms with Gasteiger partial charge in [0.1, 0.15) is 0 Å². The van der Waals surface area contributed by atoms with E-state index >= 15 is 0 Å². The fourth-order valence-electron chi connectivity index (χ4n) is 2.87. The van der Waals surface area contributed by atoms with Crippen LogP contribution in [-0.4, -0.2) is 60.8 Å². The number of amides is 1. The van der Waals surface area contributed by atoms with Crippen LogP contribution in [-0.2, 0) is 14.3 Å². The Morgan fingerprint density at radius 2 is 2.21 bits per heavy atom. The number of ether oxygens (including phenoxy) is 1. The number of likely N-dealkylation sites (N-methyl/N-ethyl adjacent to an activating group) is 1. The fourth-order valence-corrected chi connectivity index (χ4v) is 2.87. The van der Waals surface area contributed by atoms with Crippen LogP contribution in [0.5, 0.6) is 0 Å². The first-order valence-electron chi connectivity index (χ1n) is 6.96. The smallest absolute Gasteiger partial charge is 0.308 e. The number of hydrogen-bond donors (Lipinski definition) is 2. The SMILES string of the molecule is CCNC1COCC1C(=O)N1CCCC(C(=O)O)C1. The van der Waals surface area contributed by atoms with Crippen molar-refractivity contribution in [3.63, 3.8) is 0 Å². The molecule has 0 aromatic rings. The number of likely N-dealkylation sites (tertiary alicyclic amines) is 1. The Hall–Kier alpha value is -1.14. The highest BCUT2D eigenvalue weighted by Crippen LogP contribution is 2.22. The highest BCUT2D eigenvalue weighted by Gasteiger charge is 2.38. The van der Waals surface area contributed by atoms with Crippen molar-refractivity contribution >= 4 is 11.9 Å². The number of rotatable bonds is 4. The molecule has 0 aromatic heterocycles. The summed E-state index contributed by atoms with van der Waals surface area (Å²) in [6, 6.07) is 0.0581. The molecular formula is C13H22N2O4. The summed E-state index contributed by atoms with van der Waals surface area (Å²) in [6.07, 6.45) is 1.43. The standard InChI is InChI=1S/C13H22N2O4/c1-2-14-11-8-19-7-10(11)12(16)15-5-3-4-9(6-15)13(17)18/h9-11,14H,2-8H2,1H3,(H,17,18). The van der Waals surface area contributed by atoms with Gasteiger partial charge < -0.3 is 20.1 Å². The summed E-state index contributed by atoms with van der Waals surface area (Å²) >= 11 is 0. The molecule has 6 nitrogen and oxygen atoms in total. The molecule has 0 spiro atoms. The molecule has 2 heterocycles. The molecular weight excluding hydrogens is 248 g/mol. The average Bonchev–Trinajstić information content (AvgIpc) is 2.86. The Balaban J connectivity index is 1.96. The molecule has 2 rings (SSSR count). The predicted molar refractivity (Wildman–Crippen MR) is 68.7 cm³/mol. The lowest BCUT2D eigenvalue weighted by Crippen LogP contribution is -2.49. The third-order valence-electron chi connectivity index (χ3n) is 3.95. The molecule has 2 aliphatic heterocycles. The lowest BCUT2D eigenvalue weighted by atomic mass is 9.95. The van der Waals surface area contributed by atoms with Gasteiger partial charge in [0.2, 0.25) is 5.91 Å². The maximum atomic E-state index is 12.5. The number of carboxylic acid groups (broad SMARTS) is 1. The monoisotopic (exact) mass is 270 g/mol. The van der Waals surface area contributed by atoms with Crippen molar-refractivity contribution in [1.82, 2.24) is 10.2 Å². The molecule has 0 radical (unpaired) electrons. The van der Waals surface area contributed by atoms with Crippen molar-refractivity contribution in [2.75, 3.05) is 32.8 Å². The van der Waals surface area contributed by atoms with E-state index in [2.05, 4.69) is 5.32 Å². The van der Waals surface area contributed by atoms with E-state index in [4.69, 9.17) is 9.84 Å². The molecule has 2 fully saturated rings. The summed E-state index contributed by atoms with van der Waals surface area (Å²) in [5.41, 5.74) is 0. The van der Waals surface area contributed by atoms with Gasteiger partial charge in [0.25, 0.3) is 0 Å². The predicted octanol–water partition coefficient (Wildman–Crippen LogP) is -0.0659. The maximum Gasteiger partial charge on any atom is 0.308 e. The second-order valence-corrected chi connectivity index (χ2v) is 5.27. The first-order chi connectivity index (χ1) is 9.13. The third kappa shape index (κ3) is 3.25. The van der Waals surface area contributed by atoms with Crippen LogP contribution in [0, 0.1) is 11.8 Å². The zero-order valence-electron chi connectivity index (χ0n) is 11.3. The second-order valence-electron chi connectivity index (χ2n) is 5.27. The van der Waals surface area contributed by atoms with Crippen molar-refractivity contribution in [1.29, 1.82) is 0 Å². The maximum absolute atomic E-state index is 12.5. The lowest BCUT2D eigenvalue weighted by molar-refractivity contribution is -0.146. The third-order valence-corrected chi connectivity index (χ3v) is 3.95. The Morgan fingerprint density at radius 1 is 1.42 bits per heavy atom. The topological polar surface area (TPSA) is 78.9 Å². The minimum absolute atomic E-state index is 0.0365. The van der Waals surface area contributed by atoms with Crippen LogP contribution in [0.4, 0.5) is 0 Å². The van der Waals surface area contributed by atoms with Crippen LogP contribution >= 0.6 is 0 Å². The molecule has 3 atom stereocenters. The zero-order chi connectivity index (χ0) is 13.8. The van der Waals surface area contributed by atoms with E-state index < -0.39 is 11.9 Å². The largest absolute Gasteiger partial charge is 0.481 e. The summed E-state index contributed by atoms with van der Waals surface area (Å²) in [7, 11) is 0. The molecule has 0 bridgehead atoms. The van der Waals surface area contributed by atoms with Crippen LogP contribution in [0.1, 0.15) is 19.8 Å². The summed E-state index contributed by atoms with van der Waals surface area (Å²) in [5, 5.41) is 12.3. The second kappa shape index (κ2) is 6.34. The van der Waals surface area contributed by atoms with E-state index in [1.165, 1.54) is 0 Å². The highest BCUT2D eigenvalue weighted by molar-refractivity contribution is 5.81. The number of piperidine rings is 1. The van der Waals surface area contributed by atoms with E-state index in [9.17, 15) is 9.59 Å².